The molecule has 0 aliphatic carbocycles. The Bertz CT molecular complexity index is 1130. The predicted octanol–water partition coefficient (Wildman–Crippen LogP) is 3.71. The van der Waals surface area contributed by atoms with Gasteiger partial charge in [0.15, 0.2) is 4.96 Å². The lowest BCUT2D eigenvalue weighted by Gasteiger charge is -2.06. The second-order valence-corrected chi connectivity index (χ2v) is 6.91. The van der Waals surface area contributed by atoms with Crippen molar-refractivity contribution in [1.29, 1.82) is 0 Å². The van der Waals surface area contributed by atoms with Gasteiger partial charge in [-0.15, -0.1) is 11.3 Å². The Labute approximate surface area is 159 Å². The molecule has 4 rings (SSSR count). The van der Waals surface area contributed by atoms with E-state index in [4.69, 9.17) is 4.74 Å². The van der Waals surface area contributed by atoms with Crippen molar-refractivity contribution in [2.24, 2.45) is 0 Å². The predicted molar refractivity (Wildman–Crippen MR) is 105 cm³/mol. The molecule has 2 aromatic carbocycles. The molecule has 2 aromatic heterocycles. The van der Waals surface area contributed by atoms with Crippen LogP contribution in [0.2, 0.25) is 0 Å². The van der Waals surface area contributed by atoms with Crippen molar-refractivity contribution in [3.63, 3.8) is 0 Å². The molecule has 0 spiro atoms. The Kier molecular flexibility index (Phi) is 4.80. The van der Waals surface area contributed by atoms with Gasteiger partial charge in [-0.2, -0.15) is 0 Å². The Balaban J connectivity index is 1.38. The number of ether oxygens (including phenoxy) is 1. The minimum absolute atomic E-state index is 0.00935. The van der Waals surface area contributed by atoms with Crippen LogP contribution in [0.5, 0.6) is 0 Å². The Morgan fingerprint density at radius 3 is 2.56 bits per heavy atom. The van der Waals surface area contributed by atoms with Crippen molar-refractivity contribution in [1.82, 2.24) is 9.38 Å². The third-order valence-corrected chi connectivity index (χ3v) is 4.90. The molecule has 0 bridgehead atoms. The Hall–Kier alpha value is -3.25. The Morgan fingerprint density at radius 1 is 1.04 bits per heavy atom. The molecule has 0 radical (unpaired) electrons. The van der Waals surface area contributed by atoms with Crippen LogP contribution >= 0.6 is 11.3 Å². The summed E-state index contributed by atoms with van der Waals surface area (Å²) in [6.07, 6.45) is 1.85. The number of esters is 1. The van der Waals surface area contributed by atoms with E-state index in [2.05, 4.69) is 4.98 Å². The van der Waals surface area contributed by atoms with Gasteiger partial charge in [-0.3, -0.25) is 14.0 Å². The maximum atomic E-state index is 12.1. The highest BCUT2D eigenvalue weighted by molar-refractivity contribution is 7.15. The molecule has 5 nitrogen and oxygen atoms in total. The van der Waals surface area contributed by atoms with Crippen molar-refractivity contribution in [3.05, 3.63) is 93.9 Å². The highest BCUT2D eigenvalue weighted by Gasteiger charge is 2.09. The van der Waals surface area contributed by atoms with Crippen molar-refractivity contribution < 1.29 is 9.53 Å². The van der Waals surface area contributed by atoms with Crippen LogP contribution in [0.25, 0.3) is 16.1 Å². The van der Waals surface area contributed by atoms with Crippen LogP contribution in [-0.4, -0.2) is 15.4 Å². The molecule has 0 unspecified atom stereocenters. The molecule has 2 heterocycles. The van der Waals surface area contributed by atoms with Gasteiger partial charge in [-0.05, 0) is 16.7 Å². The number of carbonyl (C=O) groups is 1. The van der Waals surface area contributed by atoms with Crippen molar-refractivity contribution in [2.75, 3.05) is 0 Å². The van der Waals surface area contributed by atoms with Crippen LogP contribution < -0.4 is 5.56 Å². The lowest BCUT2D eigenvalue weighted by Crippen LogP contribution is -2.15. The molecular formula is C21H16N2O3S. The number of rotatable bonds is 5. The normalized spacial score (nSPS) is 10.8. The lowest BCUT2D eigenvalue weighted by molar-refractivity contribution is -0.144. The highest BCUT2D eigenvalue weighted by Crippen LogP contribution is 2.19. The third-order valence-electron chi connectivity index (χ3n) is 4.15. The monoisotopic (exact) mass is 376 g/mol. The zero-order valence-corrected chi connectivity index (χ0v) is 15.2. The van der Waals surface area contributed by atoms with E-state index in [1.165, 1.54) is 21.8 Å². The summed E-state index contributed by atoms with van der Waals surface area (Å²) in [4.78, 5) is 29.0. The average molecular weight is 376 g/mol. The molecule has 4 aromatic rings. The van der Waals surface area contributed by atoms with E-state index >= 15 is 0 Å². The second kappa shape index (κ2) is 7.55. The van der Waals surface area contributed by atoms with Gasteiger partial charge < -0.3 is 4.74 Å². The number of aromatic nitrogens is 2. The van der Waals surface area contributed by atoms with Gasteiger partial charge >= 0.3 is 5.97 Å². The number of hydrogen-bond acceptors (Lipinski definition) is 5. The third kappa shape index (κ3) is 3.96. The summed E-state index contributed by atoms with van der Waals surface area (Å²) in [5.74, 6) is -0.351. The number of nitrogens with zero attached hydrogens (tertiary/aromatic N) is 2. The summed E-state index contributed by atoms with van der Waals surface area (Å²) in [6.45, 7) is -0.00935. The van der Waals surface area contributed by atoms with Gasteiger partial charge in [0.1, 0.15) is 6.61 Å². The van der Waals surface area contributed by atoms with Gasteiger partial charge in [0.25, 0.3) is 5.56 Å². The molecule has 134 valence electrons. The van der Waals surface area contributed by atoms with E-state index in [1.54, 1.807) is 11.6 Å². The van der Waals surface area contributed by atoms with E-state index in [1.807, 2.05) is 54.6 Å². The number of carbonyl (C=O) groups excluding carboxylic acids is 1. The fourth-order valence-electron chi connectivity index (χ4n) is 2.78. The maximum absolute atomic E-state index is 12.1. The quantitative estimate of drug-likeness (QED) is 0.498. The van der Waals surface area contributed by atoms with Crippen LogP contribution in [0.3, 0.4) is 0 Å². The molecule has 27 heavy (non-hydrogen) atoms. The topological polar surface area (TPSA) is 60.7 Å². The van der Waals surface area contributed by atoms with Crippen molar-refractivity contribution >= 4 is 22.3 Å². The van der Waals surface area contributed by atoms with Gasteiger partial charge in [-0.1, -0.05) is 54.6 Å². The molecule has 6 heteroatoms. The molecule has 0 N–H and O–H groups in total. The molecular weight excluding hydrogens is 360 g/mol. The number of hydrogen-bond donors (Lipinski definition) is 0. The van der Waals surface area contributed by atoms with Gasteiger partial charge in [0.2, 0.25) is 0 Å². The van der Waals surface area contributed by atoms with Crippen molar-refractivity contribution in [3.8, 4) is 11.1 Å². The number of fused-ring (bicyclic) bond motifs is 1. The zero-order valence-electron chi connectivity index (χ0n) is 14.4. The zero-order chi connectivity index (χ0) is 18.6. The van der Waals surface area contributed by atoms with Crippen LogP contribution in [0.1, 0.15) is 11.3 Å². The van der Waals surface area contributed by atoms with Crippen LogP contribution in [0, 0.1) is 0 Å². The maximum Gasteiger partial charge on any atom is 0.310 e. The average Bonchev–Trinajstić information content (AvgIpc) is 3.17. The number of benzene rings is 2. The summed E-state index contributed by atoms with van der Waals surface area (Å²) >= 11 is 1.36. The first-order chi connectivity index (χ1) is 13.2. The van der Waals surface area contributed by atoms with Gasteiger partial charge in [0.05, 0.1) is 12.1 Å². The number of thiazole rings is 1. The largest absolute Gasteiger partial charge is 0.459 e. The molecule has 0 aliphatic heterocycles. The minimum atomic E-state index is -0.351. The summed E-state index contributed by atoms with van der Waals surface area (Å²) in [5.41, 5.74) is 3.38. The van der Waals surface area contributed by atoms with Crippen LogP contribution in [0.15, 0.2) is 77.0 Å². The highest BCUT2D eigenvalue weighted by atomic mass is 32.1. The summed E-state index contributed by atoms with van der Waals surface area (Å²) in [7, 11) is 0. The first kappa shape index (κ1) is 17.2. The first-order valence-corrected chi connectivity index (χ1v) is 9.33. The van der Waals surface area contributed by atoms with E-state index in [9.17, 15) is 9.59 Å². The van der Waals surface area contributed by atoms with Crippen molar-refractivity contribution in [2.45, 2.75) is 13.0 Å². The summed E-state index contributed by atoms with van der Waals surface area (Å²) in [6, 6.07) is 19.3. The van der Waals surface area contributed by atoms with Gasteiger partial charge in [0, 0.05) is 17.6 Å². The van der Waals surface area contributed by atoms with E-state index in [0.29, 0.717) is 10.7 Å². The van der Waals surface area contributed by atoms with E-state index in [-0.39, 0.29) is 24.6 Å². The molecule has 0 amide bonds. The fourth-order valence-corrected chi connectivity index (χ4v) is 3.52. The molecule has 0 saturated carbocycles. The Morgan fingerprint density at radius 2 is 1.78 bits per heavy atom. The van der Waals surface area contributed by atoms with E-state index < -0.39 is 0 Å². The molecule has 0 saturated heterocycles. The lowest BCUT2D eigenvalue weighted by atomic mass is 10.0. The summed E-state index contributed by atoms with van der Waals surface area (Å²) < 4.78 is 6.74. The van der Waals surface area contributed by atoms with Crippen LogP contribution in [-0.2, 0) is 22.6 Å². The molecule has 0 aliphatic rings. The SMILES string of the molecule is O=C(Cc1ccc(-c2ccccc2)cc1)OCc1cc(=O)n2ccsc2n1. The minimum Gasteiger partial charge on any atom is -0.459 e. The fraction of sp³-hybridized carbons (Fsp3) is 0.0952. The first-order valence-electron chi connectivity index (χ1n) is 8.45. The van der Waals surface area contributed by atoms with Gasteiger partial charge in [-0.25, -0.2) is 4.98 Å². The standard InChI is InChI=1S/C21H16N2O3S/c24-19-13-18(22-21-23(19)10-11-27-21)14-26-20(25)12-15-6-8-17(9-7-15)16-4-2-1-3-5-16/h1-11,13H,12,14H2. The summed E-state index contributed by atoms with van der Waals surface area (Å²) in [5, 5.41) is 1.79. The van der Waals surface area contributed by atoms with Crippen LogP contribution in [0.4, 0.5) is 0 Å². The molecule has 0 atom stereocenters. The second-order valence-electron chi connectivity index (χ2n) is 6.04. The smallest absolute Gasteiger partial charge is 0.310 e. The molecule has 0 fully saturated rings. The van der Waals surface area contributed by atoms with E-state index in [0.717, 1.165) is 16.7 Å².